The topological polar surface area (TPSA) is 277 Å². The number of carboxylic acid groups (broad SMARTS) is 1. The van der Waals surface area contributed by atoms with Crippen molar-refractivity contribution in [1.29, 1.82) is 0 Å². The standard InChI is InChI=1S/C16H28N6O9/c1-6(24)12(22-13(27)7(17)5-23)15(29)21-9(4-11(19)26)14(28)20-8(16(30)31)2-3-10(18)25/h6-9,12,23-24H,2-5,17H2,1H3,(H2,18,25)(H2,19,26)(H,20,28)(H,21,29)(H,22,27)(H,30,31). The molecule has 0 heterocycles. The lowest BCUT2D eigenvalue weighted by molar-refractivity contribution is -0.143. The van der Waals surface area contributed by atoms with Gasteiger partial charge in [0.2, 0.25) is 29.5 Å². The minimum absolute atomic E-state index is 0.348. The molecule has 0 aromatic rings. The number of aliphatic carboxylic acids is 1. The van der Waals surface area contributed by atoms with Crippen molar-refractivity contribution < 1.29 is 44.1 Å². The molecular weight excluding hydrogens is 420 g/mol. The van der Waals surface area contributed by atoms with Gasteiger partial charge in [-0.2, -0.15) is 0 Å². The average molecular weight is 448 g/mol. The number of aliphatic hydroxyl groups excluding tert-OH is 2. The first kappa shape index (κ1) is 27.7. The van der Waals surface area contributed by atoms with E-state index in [9.17, 15) is 33.9 Å². The molecule has 5 amide bonds. The van der Waals surface area contributed by atoms with E-state index in [1.807, 2.05) is 5.32 Å². The molecular formula is C16H28N6O9. The van der Waals surface area contributed by atoms with E-state index in [0.717, 1.165) is 6.92 Å². The summed E-state index contributed by atoms with van der Waals surface area (Å²) >= 11 is 0. The summed E-state index contributed by atoms with van der Waals surface area (Å²) in [6.45, 7) is 0.400. The summed E-state index contributed by atoms with van der Waals surface area (Å²) < 4.78 is 0. The van der Waals surface area contributed by atoms with Crippen LogP contribution in [0.4, 0.5) is 0 Å². The number of amides is 5. The van der Waals surface area contributed by atoms with E-state index < -0.39 is 78.8 Å². The molecule has 5 atom stereocenters. The predicted octanol–water partition coefficient (Wildman–Crippen LogP) is -5.63. The third-order valence-electron chi connectivity index (χ3n) is 3.93. The molecule has 0 aliphatic heterocycles. The highest BCUT2D eigenvalue weighted by molar-refractivity contribution is 5.96. The maximum absolute atomic E-state index is 12.5. The first-order chi connectivity index (χ1) is 14.3. The van der Waals surface area contributed by atoms with Crippen LogP contribution in [0.25, 0.3) is 0 Å². The summed E-state index contributed by atoms with van der Waals surface area (Å²) in [6.07, 6.45) is -2.92. The number of rotatable bonds is 14. The number of hydrogen-bond acceptors (Lipinski definition) is 9. The summed E-state index contributed by atoms with van der Waals surface area (Å²) in [6, 6.07) is -6.23. The summed E-state index contributed by atoms with van der Waals surface area (Å²) in [7, 11) is 0. The van der Waals surface area contributed by atoms with Crippen molar-refractivity contribution in [3.8, 4) is 0 Å². The van der Waals surface area contributed by atoms with E-state index in [1.165, 1.54) is 0 Å². The monoisotopic (exact) mass is 448 g/mol. The number of hydrogen-bond donors (Lipinski definition) is 9. The average Bonchev–Trinajstić information content (AvgIpc) is 2.66. The second-order valence-electron chi connectivity index (χ2n) is 6.65. The zero-order chi connectivity index (χ0) is 24.3. The van der Waals surface area contributed by atoms with Gasteiger partial charge in [0.15, 0.2) is 0 Å². The van der Waals surface area contributed by atoms with E-state index >= 15 is 0 Å². The minimum Gasteiger partial charge on any atom is -0.480 e. The number of aliphatic hydroxyl groups is 2. The summed E-state index contributed by atoms with van der Waals surface area (Å²) in [5, 5.41) is 34.0. The van der Waals surface area contributed by atoms with Crippen LogP contribution in [-0.4, -0.2) is 87.7 Å². The van der Waals surface area contributed by atoms with Gasteiger partial charge in [0.05, 0.1) is 19.1 Å². The van der Waals surface area contributed by atoms with Crippen LogP contribution in [0, 0.1) is 0 Å². The van der Waals surface area contributed by atoms with Gasteiger partial charge in [-0.3, -0.25) is 24.0 Å². The Kier molecular flexibility index (Phi) is 11.7. The van der Waals surface area contributed by atoms with Crippen molar-refractivity contribution in [2.24, 2.45) is 17.2 Å². The molecule has 5 unspecified atom stereocenters. The van der Waals surface area contributed by atoms with Crippen LogP contribution in [-0.2, 0) is 28.8 Å². The molecule has 15 heteroatoms. The molecule has 31 heavy (non-hydrogen) atoms. The van der Waals surface area contributed by atoms with Gasteiger partial charge in [0.1, 0.15) is 24.2 Å². The molecule has 0 radical (unpaired) electrons. The van der Waals surface area contributed by atoms with Gasteiger partial charge >= 0.3 is 5.97 Å². The molecule has 0 aromatic heterocycles. The van der Waals surface area contributed by atoms with Crippen molar-refractivity contribution in [1.82, 2.24) is 16.0 Å². The largest absolute Gasteiger partial charge is 0.480 e. The molecule has 15 nitrogen and oxygen atoms in total. The van der Waals surface area contributed by atoms with Gasteiger partial charge in [0, 0.05) is 6.42 Å². The number of carbonyl (C=O) groups excluding carboxylic acids is 5. The van der Waals surface area contributed by atoms with Crippen molar-refractivity contribution >= 4 is 35.5 Å². The molecule has 0 bridgehead atoms. The predicted molar refractivity (Wildman–Crippen MR) is 102 cm³/mol. The molecule has 0 aliphatic rings. The fraction of sp³-hybridized carbons (Fsp3) is 0.625. The maximum Gasteiger partial charge on any atom is 0.326 e. The number of carboxylic acids is 1. The van der Waals surface area contributed by atoms with E-state index in [0.29, 0.717) is 0 Å². The molecule has 176 valence electrons. The molecule has 0 rings (SSSR count). The molecule has 0 aliphatic carbocycles. The Labute approximate surface area is 176 Å². The lowest BCUT2D eigenvalue weighted by Gasteiger charge is -2.25. The first-order valence-corrected chi connectivity index (χ1v) is 9.05. The van der Waals surface area contributed by atoms with Gasteiger partial charge in [-0.25, -0.2) is 4.79 Å². The van der Waals surface area contributed by atoms with Crippen LogP contribution < -0.4 is 33.2 Å². The number of primary amides is 2. The second-order valence-corrected chi connectivity index (χ2v) is 6.65. The van der Waals surface area contributed by atoms with Crippen LogP contribution in [0.15, 0.2) is 0 Å². The fourth-order valence-electron chi connectivity index (χ4n) is 2.24. The van der Waals surface area contributed by atoms with Crippen molar-refractivity contribution in [2.75, 3.05) is 6.61 Å². The number of carbonyl (C=O) groups is 6. The van der Waals surface area contributed by atoms with Crippen molar-refractivity contribution in [3.63, 3.8) is 0 Å². The SMILES string of the molecule is CC(O)C(NC(=O)C(N)CO)C(=O)NC(CC(N)=O)C(=O)NC(CCC(N)=O)C(=O)O. The van der Waals surface area contributed by atoms with E-state index in [2.05, 4.69) is 10.6 Å². The highest BCUT2D eigenvalue weighted by Crippen LogP contribution is 2.02. The zero-order valence-corrected chi connectivity index (χ0v) is 16.7. The Morgan fingerprint density at radius 1 is 0.871 bits per heavy atom. The number of nitrogens with two attached hydrogens (primary N) is 3. The Hall–Kier alpha value is -3.30. The first-order valence-electron chi connectivity index (χ1n) is 9.05. The normalized spacial score (nSPS) is 15.5. The Morgan fingerprint density at radius 3 is 1.84 bits per heavy atom. The third kappa shape index (κ3) is 10.3. The van der Waals surface area contributed by atoms with Gasteiger partial charge in [0.25, 0.3) is 0 Å². The smallest absolute Gasteiger partial charge is 0.326 e. The summed E-state index contributed by atoms with van der Waals surface area (Å²) in [5.74, 6) is -6.53. The lowest BCUT2D eigenvalue weighted by Crippen LogP contribution is -2.60. The van der Waals surface area contributed by atoms with Crippen LogP contribution in [0.1, 0.15) is 26.2 Å². The van der Waals surface area contributed by atoms with Gasteiger partial charge < -0.3 is 48.5 Å². The molecule has 0 spiro atoms. The molecule has 0 fully saturated rings. The molecule has 0 aromatic carbocycles. The summed E-state index contributed by atoms with van der Waals surface area (Å²) in [5.41, 5.74) is 15.3. The third-order valence-corrected chi connectivity index (χ3v) is 3.93. The van der Waals surface area contributed by atoms with E-state index in [4.69, 9.17) is 27.4 Å². The van der Waals surface area contributed by atoms with Gasteiger partial charge in [-0.05, 0) is 13.3 Å². The van der Waals surface area contributed by atoms with Gasteiger partial charge in [-0.15, -0.1) is 0 Å². The van der Waals surface area contributed by atoms with Crippen molar-refractivity contribution in [2.45, 2.75) is 56.5 Å². The van der Waals surface area contributed by atoms with Crippen LogP contribution in [0.3, 0.4) is 0 Å². The highest BCUT2D eigenvalue weighted by atomic mass is 16.4. The quantitative estimate of drug-likeness (QED) is 0.121. The van der Waals surface area contributed by atoms with Crippen LogP contribution >= 0.6 is 0 Å². The van der Waals surface area contributed by atoms with Crippen LogP contribution in [0.2, 0.25) is 0 Å². The maximum atomic E-state index is 12.5. The Balaban J connectivity index is 5.43. The van der Waals surface area contributed by atoms with E-state index in [1.54, 1.807) is 0 Å². The zero-order valence-electron chi connectivity index (χ0n) is 16.7. The summed E-state index contributed by atoms with van der Waals surface area (Å²) in [4.78, 5) is 70.1. The van der Waals surface area contributed by atoms with E-state index in [-0.39, 0.29) is 12.8 Å². The molecule has 0 saturated carbocycles. The highest BCUT2D eigenvalue weighted by Gasteiger charge is 2.33. The number of nitrogens with one attached hydrogen (secondary N) is 3. The second kappa shape index (κ2) is 13.1. The fourth-order valence-corrected chi connectivity index (χ4v) is 2.24. The minimum atomic E-state index is -1.66. The van der Waals surface area contributed by atoms with Gasteiger partial charge in [-0.1, -0.05) is 0 Å². The lowest BCUT2D eigenvalue weighted by atomic mass is 10.1. The Morgan fingerprint density at radius 2 is 1.42 bits per heavy atom. The molecule has 0 saturated heterocycles. The van der Waals surface area contributed by atoms with Crippen LogP contribution in [0.5, 0.6) is 0 Å². The van der Waals surface area contributed by atoms with Crippen molar-refractivity contribution in [3.05, 3.63) is 0 Å². The Bertz CT molecular complexity index is 699. The molecule has 12 N–H and O–H groups in total.